The maximum Gasteiger partial charge on any atom is 0.270 e. The molecule has 0 radical (unpaired) electrons. The fraction of sp³-hybridized carbons (Fsp3) is 0.462. The number of sulfonamides is 1. The van der Waals surface area contributed by atoms with Gasteiger partial charge in [-0.2, -0.15) is 0 Å². The monoisotopic (exact) mass is 338 g/mol. The molecule has 3 rings (SSSR count). The second-order valence-electron chi connectivity index (χ2n) is 5.40. The Morgan fingerprint density at radius 3 is 2.87 bits per heavy atom. The van der Waals surface area contributed by atoms with Crippen LogP contribution in [0.4, 0.5) is 0 Å². The van der Waals surface area contributed by atoms with Gasteiger partial charge in [-0.15, -0.1) is 10.2 Å². The first kappa shape index (κ1) is 15.7. The molecule has 0 saturated carbocycles. The van der Waals surface area contributed by atoms with Gasteiger partial charge in [-0.05, 0) is 12.1 Å². The lowest BCUT2D eigenvalue weighted by molar-refractivity contribution is 0.0753. The van der Waals surface area contributed by atoms with Crippen LogP contribution in [0.1, 0.15) is 22.1 Å². The standard InChI is InChI=1S/C13H18N6O3S/c1-23(21,22)15-9-12-17-16-11-4-6-18(7-8-19(11)12)13(20)10-3-2-5-14-10/h2-3,5,14-15H,4,6-9H2,1H3. The summed E-state index contributed by atoms with van der Waals surface area (Å²) in [4.78, 5) is 17.1. The van der Waals surface area contributed by atoms with Crippen LogP contribution in [0.2, 0.25) is 0 Å². The SMILES string of the molecule is CS(=O)(=O)NCc1nnc2n1CCN(C(=O)c1ccc[nH]1)CC2. The van der Waals surface area contributed by atoms with Gasteiger partial charge in [0, 0.05) is 32.3 Å². The van der Waals surface area contributed by atoms with Crippen LogP contribution in [0.5, 0.6) is 0 Å². The van der Waals surface area contributed by atoms with Gasteiger partial charge < -0.3 is 14.5 Å². The highest BCUT2D eigenvalue weighted by atomic mass is 32.2. The normalized spacial score (nSPS) is 15.3. The van der Waals surface area contributed by atoms with E-state index in [2.05, 4.69) is 19.9 Å². The van der Waals surface area contributed by atoms with Gasteiger partial charge in [0.15, 0.2) is 0 Å². The van der Waals surface area contributed by atoms with Gasteiger partial charge in [0.1, 0.15) is 17.3 Å². The summed E-state index contributed by atoms with van der Waals surface area (Å²) in [6.07, 6.45) is 3.40. The Kier molecular flexibility index (Phi) is 4.18. The highest BCUT2D eigenvalue weighted by Gasteiger charge is 2.23. The average molecular weight is 338 g/mol. The molecule has 0 unspecified atom stereocenters. The first-order valence-corrected chi connectivity index (χ1v) is 9.11. The molecule has 3 heterocycles. The lowest BCUT2D eigenvalue weighted by Gasteiger charge is -2.19. The number of hydrogen-bond donors (Lipinski definition) is 2. The second-order valence-corrected chi connectivity index (χ2v) is 7.24. The summed E-state index contributed by atoms with van der Waals surface area (Å²) in [6.45, 7) is 1.70. The van der Waals surface area contributed by atoms with Crippen LogP contribution in [0.15, 0.2) is 18.3 Å². The first-order chi connectivity index (χ1) is 10.9. The van der Waals surface area contributed by atoms with E-state index in [0.29, 0.717) is 37.6 Å². The molecule has 10 heteroatoms. The lowest BCUT2D eigenvalue weighted by atomic mass is 10.3. The van der Waals surface area contributed by atoms with Crippen LogP contribution in [0, 0.1) is 0 Å². The van der Waals surface area contributed by atoms with Crippen molar-refractivity contribution in [1.29, 1.82) is 0 Å². The molecular formula is C13H18N6O3S. The Hall–Kier alpha value is -2.20. The van der Waals surface area contributed by atoms with Gasteiger partial charge in [-0.25, -0.2) is 13.1 Å². The smallest absolute Gasteiger partial charge is 0.270 e. The van der Waals surface area contributed by atoms with Crippen molar-refractivity contribution in [3.63, 3.8) is 0 Å². The Balaban J connectivity index is 1.71. The van der Waals surface area contributed by atoms with Crippen molar-refractivity contribution >= 4 is 15.9 Å². The molecule has 1 aliphatic heterocycles. The molecular weight excluding hydrogens is 320 g/mol. The molecule has 0 saturated heterocycles. The van der Waals surface area contributed by atoms with Crippen LogP contribution in [0.25, 0.3) is 0 Å². The molecule has 2 aromatic rings. The number of aromatic amines is 1. The van der Waals surface area contributed by atoms with Crippen molar-refractivity contribution in [2.24, 2.45) is 0 Å². The molecule has 0 aliphatic carbocycles. The number of aromatic nitrogens is 4. The van der Waals surface area contributed by atoms with Crippen molar-refractivity contribution in [3.8, 4) is 0 Å². The third-order valence-electron chi connectivity index (χ3n) is 3.71. The molecule has 2 N–H and O–H groups in total. The highest BCUT2D eigenvalue weighted by Crippen LogP contribution is 2.12. The zero-order valence-corrected chi connectivity index (χ0v) is 13.5. The number of hydrogen-bond acceptors (Lipinski definition) is 5. The number of carbonyl (C=O) groups is 1. The predicted octanol–water partition coefficient (Wildman–Crippen LogP) is -0.646. The van der Waals surface area contributed by atoms with E-state index < -0.39 is 10.0 Å². The van der Waals surface area contributed by atoms with E-state index in [0.717, 1.165) is 12.1 Å². The molecule has 23 heavy (non-hydrogen) atoms. The van der Waals surface area contributed by atoms with E-state index in [1.54, 1.807) is 23.2 Å². The van der Waals surface area contributed by atoms with Crippen molar-refractivity contribution in [1.82, 2.24) is 29.4 Å². The van der Waals surface area contributed by atoms with Gasteiger partial charge in [0.25, 0.3) is 5.91 Å². The fourth-order valence-corrected chi connectivity index (χ4v) is 2.94. The number of amides is 1. The van der Waals surface area contributed by atoms with Crippen molar-refractivity contribution in [2.45, 2.75) is 19.5 Å². The quantitative estimate of drug-likeness (QED) is 0.769. The lowest BCUT2D eigenvalue weighted by Crippen LogP contribution is -2.34. The van der Waals surface area contributed by atoms with Crippen LogP contribution < -0.4 is 4.72 Å². The number of carbonyl (C=O) groups excluding carboxylic acids is 1. The van der Waals surface area contributed by atoms with Gasteiger partial charge in [0.2, 0.25) is 10.0 Å². The molecule has 0 aromatic carbocycles. The molecule has 0 atom stereocenters. The molecule has 124 valence electrons. The highest BCUT2D eigenvalue weighted by molar-refractivity contribution is 7.88. The minimum atomic E-state index is -3.29. The summed E-state index contributed by atoms with van der Waals surface area (Å²) in [5.74, 6) is 1.27. The first-order valence-electron chi connectivity index (χ1n) is 7.22. The van der Waals surface area contributed by atoms with E-state index in [-0.39, 0.29) is 12.5 Å². The minimum absolute atomic E-state index is 0.0514. The molecule has 1 amide bonds. The van der Waals surface area contributed by atoms with Crippen LogP contribution >= 0.6 is 0 Å². The van der Waals surface area contributed by atoms with E-state index in [1.807, 2.05) is 4.57 Å². The van der Waals surface area contributed by atoms with Gasteiger partial charge in [-0.1, -0.05) is 0 Å². The summed E-state index contributed by atoms with van der Waals surface area (Å²) in [7, 11) is -3.29. The topological polar surface area (TPSA) is 113 Å². The molecule has 0 fully saturated rings. The zero-order valence-electron chi connectivity index (χ0n) is 12.7. The summed E-state index contributed by atoms with van der Waals surface area (Å²) in [5.41, 5.74) is 0.557. The van der Waals surface area contributed by atoms with Crippen LogP contribution in [0.3, 0.4) is 0 Å². The largest absolute Gasteiger partial charge is 0.357 e. The molecule has 9 nitrogen and oxygen atoms in total. The third kappa shape index (κ3) is 3.59. The third-order valence-corrected chi connectivity index (χ3v) is 4.38. The van der Waals surface area contributed by atoms with E-state index in [4.69, 9.17) is 0 Å². The summed E-state index contributed by atoms with van der Waals surface area (Å²) >= 11 is 0. The maximum absolute atomic E-state index is 12.4. The molecule has 2 aromatic heterocycles. The van der Waals surface area contributed by atoms with Crippen molar-refractivity contribution < 1.29 is 13.2 Å². The molecule has 0 bridgehead atoms. The number of fused-ring (bicyclic) bond motifs is 1. The van der Waals surface area contributed by atoms with Gasteiger partial charge in [0.05, 0.1) is 12.8 Å². The summed E-state index contributed by atoms with van der Waals surface area (Å²) in [6, 6.07) is 3.53. The van der Waals surface area contributed by atoms with E-state index in [9.17, 15) is 13.2 Å². The number of rotatable bonds is 4. The van der Waals surface area contributed by atoms with E-state index in [1.165, 1.54) is 0 Å². The number of nitrogens with one attached hydrogen (secondary N) is 2. The van der Waals surface area contributed by atoms with E-state index >= 15 is 0 Å². The van der Waals surface area contributed by atoms with Crippen LogP contribution in [-0.4, -0.2) is 58.3 Å². The number of nitrogens with zero attached hydrogens (tertiary/aromatic N) is 4. The van der Waals surface area contributed by atoms with Crippen LogP contribution in [-0.2, 0) is 29.5 Å². The fourth-order valence-electron chi connectivity index (χ4n) is 2.55. The second kappa shape index (κ2) is 6.13. The van der Waals surface area contributed by atoms with Crippen molar-refractivity contribution in [3.05, 3.63) is 35.7 Å². The Labute approximate surface area is 133 Å². The van der Waals surface area contributed by atoms with Gasteiger partial charge >= 0.3 is 0 Å². The molecule has 0 spiro atoms. The maximum atomic E-state index is 12.4. The zero-order chi connectivity index (χ0) is 16.4. The average Bonchev–Trinajstić information content (AvgIpc) is 3.10. The summed E-state index contributed by atoms with van der Waals surface area (Å²) < 4.78 is 26.7. The minimum Gasteiger partial charge on any atom is -0.357 e. The predicted molar refractivity (Wildman–Crippen MR) is 82.1 cm³/mol. The number of H-pyrrole nitrogens is 1. The van der Waals surface area contributed by atoms with Gasteiger partial charge in [-0.3, -0.25) is 4.79 Å². The van der Waals surface area contributed by atoms with Crippen molar-refractivity contribution in [2.75, 3.05) is 19.3 Å². The molecule has 1 aliphatic rings. The summed E-state index contributed by atoms with van der Waals surface area (Å²) in [5, 5.41) is 8.15. The Morgan fingerprint density at radius 1 is 1.35 bits per heavy atom. The Bertz CT molecular complexity index is 796. The Morgan fingerprint density at radius 2 is 2.17 bits per heavy atom.